The van der Waals surface area contributed by atoms with Crippen molar-refractivity contribution in [3.05, 3.63) is 64.9 Å². The lowest BCUT2D eigenvalue weighted by Gasteiger charge is -2.22. The fraction of sp³-hybridized carbons (Fsp3) is 0.263. The molecule has 26 heavy (non-hydrogen) atoms. The maximum atomic E-state index is 13.9. The van der Waals surface area contributed by atoms with Gasteiger partial charge in [-0.2, -0.15) is 0 Å². The fourth-order valence-corrected chi connectivity index (χ4v) is 3.93. The zero-order chi connectivity index (χ0) is 18.5. The number of hydrogen-bond acceptors (Lipinski definition) is 4. The van der Waals surface area contributed by atoms with E-state index in [0.29, 0.717) is 40.3 Å². The monoisotopic (exact) mass is 392 g/mol. The number of benzene rings is 2. The summed E-state index contributed by atoms with van der Waals surface area (Å²) in [5, 5.41) is 0.938. The van der Waals surface area contributed by atoms with Gasteiger partial charge in [0.25, 0.3) is 5.91 Å². The van der Waals surface area contributed by atoms with E-state index in [1.807, 2.05) is 18.2 Å². The van der Waals surface area contributed by atoms with Gasteiger partial charge in [-0.05, 0) is 31.2 Å². The number of thioether (sulfide) groups is 1. The normalized spacial score (nSPS) is 14.9. The number of halogens is 2. The number of aliphatic imine (C=N–C) groups is 1. The van der Waals surface area contributed by atoms with Gasteiger partial charge in [-0.15, -0.1) is 0 Å². The number of hydrogen-bond donors (Lipinski definition) is 0. The number of carbonyl (C=O) groups excluding carboxylic acids is 1. The number of carbonyl (C=O) groups is 1. The van der Waals surface area contributed by atoms with Crippen LogP contribution in [0.1, 0.15) is 12.5 Å². The van der Waals surface area contributed by atoms with E-state index in [9.17, 15) is 9.18 Å². The molecule has 0 aliphatic carbocycles. The minimum absolute atomic E-state index is 0.169. The van der Waals surface area contributed by atoms with Gasteiger partial charge in [0.15, 0.2) is 11.3 Å². The summed E-state index contributed by atoms with van der Waals surface area (Å²) in [4.78, 5) is 18.7. The van der Waals surface area contributed by atoms with E-state index in [4.69, 9.17) is 16.3 Å². The van der Waals surface area contributed by atoms with E-state index in [2.05, 4.69) is 4.99 Å². The first-order valence-electron chi connectivity index (χ1n) is 8.19. The van der Waals surface area contributed by atoms with Crippen molar-refractivity contribution in [3.8, 4) is 5.75 Å². The van der Waals surface area contributed by atoms with Crippen molar-refractivity contribution in [2.75, 3.05) is 13.1 Å². The third-order valence-electron chi connectivity index (χ3n) is 3.88. The second-order valence-corrected chi connectivity index (χ2v) is 7.07. The number of amidine groups is 1. The molecule has 1 unspecified atom stereocenters. The van der Waals surface area contributed by atoms with E-state index < -0.39 is 6.10 Å². The first-order chi connectivity index (χ1) is 12.6. The smallest absolute Gasteiger partial charge is 0.269 e. The first-order valence-corrected chi connectivity index (χ1v) is 9.56. The maximum Gasteiger partial charge on any atom is 0.269 e. The summed E-state index contributed by atoms with van der Waals surface area (Å²) >= 11 is 7.36. The Hall–Kier alpha value is -2.05. The molecule has 4 nitrogen and oxygen atoms in total. The molecule has 1 heterocycles. The molecule has 0 saturated heterocycles. The van der Waals surface area contributed by atoms with Crippen molar-refractivity contribution in [1.29, 1.82) is 0 Å². The average Bonchev–Trinajstić information content (AvgIpc) is 3.10. The Morgan fingerprint density at radius 1 is 1.31 bits per heavy atom. The summed E-state index contributed by atoms with van der Waals surface area (Å²) in [7, 11) is 0. The van der Waals surface area contributed by atoms with Gasteiger partial charge in [0.2, 0.25) is 0 Å². The minimum atomic E-state index is -0.640. The fourth-order valence-electron chi connectivity index (χ4n) is 2.53. The highest BCUT2D eigenvalue weighted by atomic mass is 35.5. The Morgan fingerprint density at radius 2 is 2.08 bits per heavy atom. The van der Waals surface area contributed by atoms with Crippen LogP contribution in [0.25, 0.3) is 0 Å². The summed E-state index contributed by atoms with van der Waals surface area (Å²) in [6.45, 7) is 2.73. The molecule has 0 bridgehead atoms. The van der Waals surface area contributed by atoms with E-state index in [1.54, 1.807) is 36.1 Å². The Bertz CT molecular complexity index is 796. The minimum Gasteiger partial charge on any atom is -0.481 e. The van der Waals surface area contributed by atoms with Gasteiger partial charge in [0.05, 0.1) is 6.54 Å². The van der Waals surface area contributed by atoms with Crippen molar-refractivity contribution >= 4 is 34.4 Å². The van der Waals surface area contributed by atoms with E-state index in [0.717, 1.165) is 0 Å². The molecule has 2 aromatic rings. The molecular formula is C19H18ClFN2O2S. The molecule has 136 valence electrons. The van der Waals surface area contributed by atoms with Crippen LogP contribution in [0.4, 0.5) is 4.39 Å². The lowest BCUT2D eigenvalue weighted by atomic mass is 10.2. The zero-order valence-corrected chi connectivity index (χ0v) is 15.8. The largest absolute Gasteiger partial charge is 0.481 e. The third-order valence-corrected chi connectivity index (χ3v) is 5.27. The molecule has 0 fully saturated rings. The van der Waals surface area contributed by atoms with Crippen LogP contribution >= 0.6 is 23.4 Å². The molecule has 1 aliphatic rings. The quantitative estimate of drug-likeness (QED) is 0.758. The first kappa shape index (κ1) is 18.7. The van der Waals surface area contributed by atoms with Crippen molar-refractivity contribution in [3.63, 3.8) is 0 Å². The molecular weight excluding hydrogens is 375 g/mol. The molecule has 2 aromatic carbocycles. The molecule has 3 rings (SSSR count). The summed E-state index contributed by atoms with van der Waals surface area (Å²) in [6.07, 6.45) is -0.640. The third kappa shape index (κ3) is 4.37. The maximum absolute atomic E-state index is 13.9. The molecule has 1 aliphatic heterocycles. The zero-order valence-electron chi connectivity index (χ0n) is 14.2. The van der Waals surface area contributed by atoms with Crippen LogP contribution in [0.2, 0.25) is 5.02 Å². The molecule has 0 spiro atoms. The standard InChI is InChI=1S/C19H18ClFN2O2S/c1-13(25-14-6-3-2-4-7-14)18(24)23-11-10-22-19(23)26-12-15-16(20)8-5-9-17(15)21/h2-9,13H,10-12H2,1H3. The van der Waals surface area contributed by atoms with Gasteiger partial charge in [-0.25, -0.2) is 4.39 Å². The predicted octanol–water partition coefficient (Wildman–Crippen LogP) is 4.38. The van der Waals surface area contributed by atoms with Gasteiger partial charge in [-0.3, -0.25) is 14.7 Å². The Kier molecular flexibility index (Phi) is 6.16. The number of nitrogens with zero attached hydrogens (tertiary/aromatic N) is 2. The number of para-hydroxylation sites is 1. The van der Waals surface area contributed by atoms with Gasteiger partial charge in [0.1, 0.15) is 11.6 Å². The molecule has 0 radical (unpaired) electrons. The van der Waals surface area contributed by atoms with E-state index in [-0.39, 0.29) is 11.7 Å². The van der Waals surface area contributed by atoms with Crippen LogP contribution in [0.5, 0.6) is 5.75 Å². The van der Waals surface area contributed by atoms with Crippen LogP contribution < -0.4 is 4.74 Å². The van der Waals surface area contributed by atoms with Gasteiger partial charge in [0, 0.05) is 22.9 Å². The second kappa shape index (κ2) is 8.56. The molecule has 0 aromatic heterocycles. The average molecular weight is 393 g/mol. The Labute approximate surface area is 161 Å². The van der Waals surface area contributed by atoms with Crippen molar-refractivity contribution in [1.82, 2.24) is 4.90 Å². The van der Waals surface area contributed by atoms with Crippen molar-refractivity contribution in [2.24, 2.45) is 4.99 Å². The highest BCUT2D eigenvalue weighted by molar-refractivity contribution is 8.13. The molecule has 1 atom stereocenters. The van der Waals surface area contributed by atoms with Crippen LogP contribution in [0.3, 0.4) is 0 Å². The van der Waals surface area contributed by atoms with Crippen LogP contribution in [-0.2, 0) is 10.5 Å². The van der Waals surface area contributed by atoms with Crippen LogP contribution in [0.15, 0.2) is 53.5 Å². The SMILES string of the molecule is CC(Oc1ccccc1)C(=O)N1CCN=C1SCc1c(F)cccc1Cl. The predicted molar refractivity (Wildman–Crippen MR) is 103 cm³/mol. The molecule has 0 N–H and O–H groups in total. The van der Waals surface area contributed by atoms with Gasteiger partial charge in [-0.1, -0.05) is 47.6 Å². The lowest BCUT2D eigenvalue weighted by Crippen LogP contribution is -2.41. The van der Waals surface area contributed by atoms with Crippen LogP contribution in [0, 0.1) is 5.82 Å². The summed E-state index contributed by atoms with van der Waals surface area (Å²) in [6, 6.07) is 13.8. The second-order valence-electron chi connectivity index (χ2n) is 5.72. The van der Waals surface area contributed by atoms with Crippen LogP contribution in [-0.4, -0.2) is 35.2 Å². The summed E-state index contributed by atoms with van der Waals surface area (Å²) in [5.74, 6) is 0.415. The van der Waals surface area contributed by atoms with Crippen molar-refractivity contribution in [2.45, 2.75) is 18.8 Å². The Balaban J connectivity index is 1.63. The number of amides is 1. The number of ether oxygens (including phenoxy) is 1. The topological polar surface area (TPSA) is 41.9 Å². The molecule has 7 heteroatoms. The highest BCUT2D eigenvalue weighted by Crippen LogP contribution is 2.27. The van der Waals surface area contributed by atoms with Gasteiger partial charge >= 0.3 is 0 Å². The van der Waals surface area contributed by atoms with E-state index >= 15 is 0 Å². The Morgan fingerprint density at radius 3 is 2.81 bits per heavy atom. The molecule has 0 saturated carbocycles. The van der Waals surface area contributed by atoms with Gasteiger partial charge < -0.3 is 4.74 Å². The summed E-state index contributed by atoms with van der Waals surface area (Å²) < 4.78 is 19.6. The number of rotatable bonds is 5. The van der Waals surface area contributed by atoms with Crippen molar-refractivity contribution < 1.29 is 13.9 Å². The highest BCUT2D eigenvalue weighted by Gasteiger charge is 2.29. The van der Waals surface area contributed by atoms with E-state index in [1.165, 1.54) is 17.8 Å². The summed E-state index contributed by atoms with van der Waals surface area (Å²) in [5.41, 5.74) is 0.412. The lowest BCUT2D eigenvalue weighted by molar-refractivity contribution is -0.133. The molecule has 1 amide bonds.